The smallest absolute Gasteiger partial charge is 0.382 e. The number of alkyl halides is 2. The van der Waals surface area contributed by atoms with Gasteiger partial charge in [0.05, 0.1) is 6.61 Å². The number of hydrogen-bond acceptors (Lipinski definition) is 3. The molecule has 14 heavy (non-hydrogen) atoms. The molecule has 0 radical (unpaired) electrons. The molecule has 2 nitrogen and oxygen atoms in total. The van der Waals surface area contributed by atoms with Crippen molar-refractivity contribution in [2.75, 3.05) is 6.61 Å². The molecule has 0 atom stereocenters. The van der Waals surface area contributed by atoms with Crippen LogP contribution in [0.5, 0.6) is 0 Å². The normalized spacial score (nSPS) is 11.4. The van der Waals surface area contributed by atoms with Gasteiger partial charge in [0.1, 0.15) is 0 Å². The molecule has 0 fully saturated rings. The van der Waals surface area contributed by atoms with Crippen molar-refractivity contribution in [1.82, 2.24) is 0 Å². The van der Waals surface area contributed by atoms with Crippen molar-refractivity contribution in [2.24, 2.45) is 0 Å². The van der Waals surface area contributed by atoms with Crippen molar-refractivity contribution >= 4 is 17.3 Å². The maximum atomic E-state index is 13.4. The summed E-state index contributed by atoms with van der Waals surface area (Å²) < 4.78 is 31.0. The molecule has 0 saturated carbocycles. The predicted octanol–water partition coefficient (Wildman–Crippen LogP) is 2.71. The quantitative estimate of drug-likeness (QED) is 0.732. The first-order valence-corrected chi connectivity index (χ1v) is 4.97. The molecule has 1 aromatic rings. The summed E-state index contributed by atoms with van der Waals surface area (Å²) in [5.74, 6) is -5.01. The molecular formula is C9H10F2O2S. The molecule has 0 aromatic carbocycles. The molecule has 0 aliphatic rings. The van der Waals surface area contributed by atoms with E-state index >= 15 is 0 Å². The van der Waals surface area contributed by atoms with Crippen LogP contribution in [0.1, 0.15) is 17.4 Å². The Morgan fingerprint density at radius 1 is 1.64 bits per heavy atom. The highest BCUT2D eigenvalue weighted by molar-refractivity contribution is 7.10. The topological polar surface area (TPSA) is 26.3 Å². The Morgan fingerprint density at radius 3 is 2.71 bits per heavy atom. The lowest BCUT2D eigenvalue weighted by atomic mass is 10.1. The van der Waals surface area contributed by atoms with Gasteiger partial charge >= 0.3 is 11.9 Å². The summed E-state index contributed by atoms with van der Waals surface area (Å²) in [6.45, 7) is 3.00. The van der Waals surface area contributed by atoms with Gasteiger partial charge in [0.25, 0.3) is 0 Å². The van der Waals surface area contributed by atoms with Gasteiger partial charge in [-0.05, 0) is 25.3 Å². The molecule has 0 bridgehead atoms. The molecule has 1 heterocycles. The number of ether oxygens (including phenoxy) is 1. The van der Waals surface area contributed by atoms with Crippen molar-refractivity contribution in [2.45, 2.75) is 19.8 Å². The highest BCUT2D eigenvalue weighted by atomic mass is 32.1. The molecule has 0 N–H and O–H groups in total. The molecule has 0 spiro atoms. The number of carbonyl (C=O) groups is 1. The predicted molar refractivity (Wildman–Crippen MR) is 49.6 cm³/mol. The zero-order valence-corrected chi connectivity index (χ0v) is 8.66. The van der Waals surface area contributed by atoms with E-state index < -0.39 is 11.9 Å². The van der Waals surface area contributed by atoms with Crippen LogP contribution in [0.15, 0.2) is 11.4 Å². The maximum absolute atomic E-state index is 13.4. The van der Waals surface area contributed by atoms with E-state index in [1.165, 1.54) is 29.7 Å². The number of esters is 1. The summed E-state index contributed by atoms with van der Waals surface area (Å²) >= 11 is 1.18. The first kappa shape index (κ1) is 11.1. The van der Waals surface area contributed by atoms with Crippen LogP contribution in [0.3, 0.4) is 0 Å². The Balaban J connectivity index is 2.95. The van der Waals surface area contributed by atoms with Crippen LogP contribution in [0.2, 0.25) is 0 Å². The highest BCUT2D eigenvalue weighted by Gasteiger charge is 2.44. The largest absolute Gasteiger partial charge is 0.461 e. The molecule has 0 unspecified atom stereocenters. The zero-order chi connectivity index (χ0) is 10.8. The summed E-state index contributed by atoms with van der Waals surface area (Å²) in [7, 11) is 0. The van der Waals surface area contributed by atoms with Crippen LogP contribution in [-0.4, -0.2) is 12.6 Å². The van der Waals surface area contributed by atoms with Crippen LogP contribution in [-0.2, 0) is 15.5 Å². The number of rotatable bonds is 3. The number of carbonyl (C=O) groups excluding carboxylic acids is 1. The van der Waals surface area contributed by atoms with Crippen molar-refractivity contribution in [3.05, 3.63) is 21.9 Å². The summed E-state index contributed by atoms with van der Waals surface area (Å²) in [6, 6.07) is 1.25. The van der Waals surface area contributed by atoms with Crippen molar-refractivity contribution in [1.29, 1.82) is 0 Å². The van der Waals surface area contributed by atoms with E-state index in [0.717, 1.165) is 0 Å². The minimum absolute atomic E-state index is 0.0440. The molecule has 1 aromatic heterocycles. The second-order valence-corrected chi connectivity index (χ2v) is 3.81. The van der Waals surface area contributed by atoms with Crippen LogP contribution >= 0.6 is 11.3 Å². The van der Waals surface area contributed by atoms with Gasteiger partial charge in [-0.1, -0.05) is 0 Å². The Labute approximate surface area is 84.5 Å². The highest BCUT2D eigenvalue weighted by Crippen LogP contribution is 2.34. The van der Waals surface area contributed by atoms with Gasteiger partial charge in [-0.3, -0.25) is 0 Å². The number of thiophene rings is 1. The van der Waals surface area contributed by atoms with Crippen LogP contribution in [0.4, 0.5) is 8.78 Å². The fourth-order valence-corrected chi connectivity index (χ4v) is 1.77. The van der Waals surface area contributed by atoms with Gasteiger partial charge in [-0.2, -0.15) is 8.78 Å². The van der Waals surface area contributed by atoms with Crippen molar-refractivity contribution in [3.63, 3.8) is 0 Å². The monoisotopic (exact) mass is 220 g/mol. The van der Waals surface area contributed by atoms with Gasteiger partial charge in [-0.15, -0.1) is 11.3 Å². The number of hydrogen-bond donors (Lipinski definition) is 0. The van der Waals surface area contributed by atoms with E-state index in [-0.39, 0.29) is 12.2 Å². The van der Waals surface area contributed by atoms with Gasteiger partial charge in [0.15, 0.2) is 0 Å². The Kier molecular flexibility index (Phi) is 3.21. The average molecular weight is 220 g/mol. The van der Waals surface area contributed by atoms with E-state index in [9.17, 15) is 13.6 Å². The summed E-state index contributed by atoms with van der Waals surface area (Å²) in [5.41, 5.74) is -0.263. The molecule has 0 aliphatic heterocycles. The van der Waals surface area contributed by atoms with Crippen molar-refractivity contribution in [3.8, 4) is 0 Å². The molecule has 5 heteroatoms. The molecule has 0 saturated heterocycles. The van der Waals surface area contributed by atoms with Crippen LogP contribution in [0.25, 0.3) is 0 Å². The summed E-state index contributed by atoms with van der Waals surface area (Å²) in [5, 5.41) is 1.53. The van der Waals surface area contributed by atoms with Gasteiger partial charge < -0.3 is 4.74 Å². The minimum atomic E-state index is -3.53. The van der Waals surface area contributed by atoms with E-state index in [1.807, 2.05) is 0 Å². The summed E-state index contributed by atoms with van der Waals surface area (Å²) in [6.07, 6.45) is 0. The van der Waals surface area contributed by atoms with Crippen LogP contribution < -0.4 is 0 Å². The standard InChI is InChI=1S/C9H10F2O2S/c1-3-13-8(12)9(10,11)7-4-5-14-6(7)2/h4-5H,3H2,1-2H3. The third-order valence-corrected chi connectivity index (χ3v) is 2.57. The maximum Gasteiger partial charge on any atom is 0.382 e. The summed E-state index contributed by atoms with van der Waals surface area (Å²) in [4.78, 5) is 11.4. The van der Waals surface area contributed by atoms with Gasteiger partial charge in [0.2, 0.25) is 0 Å². The lowest BCUT2D eigenvalue weighted by Crippen LogP contribution is -2.28. The molecule has 0 amide bonds. The average Bonchev–Trinajstić information content (AvgIpc) is 2.52. The van der Waals surface area contributed by atoms with Crippen LogP contribution in [0, 0.1) is 6.92 Å². The molecule has 1 rings (SSSR count). The lowest BCUT2D eigenvalue weighted by molar-refractivity contribution is -0.173. The third kappa shape index (κ3) is 1.92. The second-order valence-electron chi connectivity index (χ2n) is 2.69. The molecule has 0 aliphatic carbocycles. The van der Waals surface area contributed by atoms with E-state index in [0.29, 0.717) is 4.88 Å². The van der Waals surface area contributed by atoms with E-state index in [1.54, 1.807) is 6.92 Å². The lowest BCUT2D eigenvalue weighted by Gasteiger charge is -2.14. The van der Waals surface area contributed by atoms with Crippen molar-refractivity contribution < 1.29 is 18.3 Å². The van der Waals surface area contributed by atoms with E-state index in [2.05, 4.69) is 4.74 Å². The number of aryl methyl sites for hydroxylation is 1. The van der Waals surface area contributed by atoms with Gasteiger partial charge in [0, 0.05) is 10.4 Å². The fraction of sp³-hybridized carbons (Fsp3) is 0.444. The molecule has 78 valence electrons. The minimum Gasteiger partial charge on any atom is -0.461 e. The van der Waals surface area contributed by atoms with E-state index in [4.69, 9.17) is 0 Å². The Bertz CT molecular complexity index is 333. The fourth-order valence-electron chi connectivity index (χ4n) is 1.04. The third-order valence-electron chi connectivity index (χ3n) is 1.73. The SMILES string of the molecule is CCOC(=O)C(F)(F)c1ccsc1C. The zero-order valence-electron chi connectivity index (χ0n) is 7.84. The Hall–Kier alpha value is -0.970. The first-order valence-electron chi connectivity index (χ1n) is 4.09. The second kappa shape index (κ2) is 4.04. The molecular weight excluding hydrogens is 210 g/mol. The number of halogens is 2. The first-order chi connectivity index (χ1) is 6.50. The Morgan fingerprint density at radius 2 is 2.29 bits per heavy atom. The van der Waals surface area contributed by atoms with Gasteiger partial charge in [-0.25, -0.2) is 4.79 Å².